The van der Waals surface area contributed by atoms with Crippen molar-refractivity contribution in [1.82, 2.24) is 0 Å². The zero-order valence-electron chi connectivity index (χ0n) is 17.8. The molecule has 0 atom stereocenters. The van der Waals surface area contributed by atoms with Gasteiger partial charge in [0.1, 0.15) is 0 Å². The third kappa shape index (κ3) is 7.23. The number of carbonyl (C=O) groups excluding carboxylic acids is 3. The quantitative estimate of drug-likeness (QED) is 0.382. The molecule has 8 heteroatoms. The van der Waals surface area contributed by atoms with Gasteiger partial charge in [0, 0.05) is 16.3 Å². The number of hydrogen-bond acceptors (Lipinski definition) is 6. The number of thioether (sulfide) groups is 1. The standard InChI is InChI=1S/C25H21N3O4S/c1-17-9-11-19(12-10-17)27-24(30)16-33-22-8-3-2-7-21(22)25(31)32-15-23(29)28-20-6-4-5-18(13-20)14-26/h2-13H,15-16H2,1H3,(H,27,30)(H,28,29). The number of esters is 1. The molecule has 33 heavy (non-hydrogen) atoms. The molecule has 0 aliphatic rings. The second-order valence-corrected chi connectivity index (χ2v) is 8.03. The minimum Gasteiger partial charge on any atom is -0.452 e. The van der Waals surface area contributed by atoms with Crippen LogP contribution >= 0.6 is 11.8 Å². The van der Waals surface area contributed by atoms with Crippen molar-refractivity contribution >= 4 is 40.9 Å². The zero-order chi connectivity index (χ0) is 23.6. The van der Waals surface area contributed by atoms with Gasteiger partial charge >= 0.3 is 5.97 Å². The highest BCUT2D eigenvalue weighted by Gasteiger charge is 2.16. The summed E-state index contributed by atoms with van der Waals surface area (Å²) in [6, 6.07) is 22.6. The van der Waals surface area contributed by atoms with Gasteiger partial charge in [0.25, 0.3) is 5.91 Å². The molecular weight excluding hydrogens is 438 g/mol. The monoisotopic (exact) mass is 459 g/mol. The highest BCUT2D eigenvalue weighted by Crippen LogP contribution is 2.24. The first-order chi connectivity index (χ1) is 15.9. The van der Waals surface area contributed by atoms with Crippen molar-refractivity contribution in [2.24, 2.45) is 0 Å². The van der Waals surface area contributed by atoms with Crippen LogP contribution in [0.1, 0.15) is 21.5 Å². The fourth-order valence-corrected chi connectivity index (χ4v) is 3.65. The molecule has 0 spiro atoms. The van der Waals surface area contributed by atoms with E-state index in [1.54, 1.807) is 42.5 Å². The fourth-order valence-electron chi connectivity index (χ4n) is 2.81. The van der Waals surface area contributed by atoms with E-state index in [2.05, 4.69) is 10.6 Å². The number of rotatable bonds is 8. The van der Waals surface area contributed by atoms with Crippen molar-refractivity contribution in [1.29, 1.82) is 5.26 Å². The summed E-state index contributed by atoms with van der Waals surface area (Å²) < 4.78 is 5.14. The van der Waals surface area contributed by atoms with Gasteiger partial charge in [-0.2, -0.15) is 5.26 Å². The number of nitrogens with one attached hydrogen (secondary N) is 2. The van der Waals surface area contributed by atoms with E-state index >= 15 is 0 Å². The number of amides is 2. The lowest BCUT2D eigenvalue weighted by Gasteiger charge is -2.10. The van der Waals surface area contributed by atoms with Crippen LogP contribution in [0.15, 0.2) is 77.7 Å². The molecule has 0 unspecified atom stereocenters. The van der Waals surface area contributed by atoms with Crippen LogP contribution in [-0.2, 0) is 14.3 Å². The number of aryl methyl sites for hydroxylation is 1. The topological polar surface area (TPSA) is 108 Å². The minimum absolute atomic E-state index is 0.105. The summed E-state index contributed by atoms with van der Waals surface area (Å²) in [4.78, 5) is 37.5. The molecule has 7 nitrogen and oxygen atoms in total. The van der Waals surface area contributed by atoms with Crippen molar-refractivity contribution in [3.8, 4) is 6.07 Å². The smallest absolute Gasteiger partial charge is 0.339 e. The molecule has 2 N–H and O–H groups in total. The number of nitriles is 1. The van der Waals surface area contributed by atoms with Crippen LogP contribution in [0.4, 0.5) is 11.4 Å². The number of hydrogen-bond donors (Lipinski definition) is 2. The Morgan fingerprint density at radius 2 is 1.64 bits per heavy atom. The summed E-state index contributed by atoms with van der Waals surface area (Å²) >= 11 is 1.20. The van der Waals surface area contributed by atoms with Gasteiger partial charge in [-0.25, -0.2) is 4.79 Å². The molecular formula is C25H21N3O4S. The van der Waals surface area contributed by atoms with Gasteiger partial charge in [-0.3, -0.25) is 9.59 Å². The van der Waals surface area contributed by atoms with Crippen molar-refractivity contribution in [3.05, 3.63) is 89.5 Å². The summed E-state index contributed by atoms with van der Waals surface area (Å²) in [6.07, 6.45) is 0. The number of carbonyl (C=O) groups is 3. The highest BCUT2D eigenvalue weighted by molar-refractivity contribution is 8.00. The Hall–Kier alpha value is -4.09. The minimum atomic E-state index is -0.669. The number of ether oxygens (including phenoxy) is 1. The summed E-state index contributed by atoms with van der Waals surface area (Å²) in [5, 5.41) is 14.3. The van der Waals surface area contributed by atoms with Gasteiger partial charge in [-0.1, -0.05) is 35.9 Å². The molecule has 0 bridgehead atoms. The number of nitrogens with zero attached hydrogens (tertiary/aromatic N) is 1. The van der Waals surface area contributed by atoms with Gasteiger partial charge in [0.05, 0.1) is 22.9 Å². The maximum absolute atomic E-state index is 12.5. The van der Waals surface area contributed by atoms with Crippen molar-refractivity contribution < 1.29 is 19.1 Å². The predicted molar refractivity (Wildman–Crippen MR) is 127 cm³/mol. The molecule has 2 amide bonds. The number of anilines is 2. The van der Waals surface area contributed by atoms with E-state index in [9.17, 15) is 14.4 Å². The summed E-state index contributed by atoms with van der Waals surface area (Å²) in [7, 11) is 0. The lowest BCUT2D eigenvalue weighted by Crippen LogP contribution is -2.21. The largest absolute Gasteiger partial charge is 0.452 e. The Kier molecular flexibility index (Phi) is 8.22. The van der Waals surface area contributed by atoms with Gasteiger partial charge < -0.3 is 15.4 Å². The SMILES string of the molecule is Cc1ccc(NC(=O)CSc2ccccc2C(=O)OCC(=O)Nc2cccc(C#N)c2)cc1. The van der Waals surface area contributed by atoms with Crippen LogP contribution in [0.5, 0.6) is 0 Å². The first-order valence-electron chi connectivity index (χ1n) is 10.00. The van der Waals surface area contributed by atoms with Gasteiger partial charge in [0.15, 0.2) is 6.61 Å². The van der Waals surface area contributed by atoms with Gasteiger partial charge in [-0.05, 0) is 49.4 Å². The van der Waals surface area contributed by atoms with Crippen LogP contribution < -0.4 is 10.6 Å². The van der Waals surface area contributed by atoms with E-state index in [-0.39, 0.29) is 17.2 Å². The number of benzene rings is 3. The lowest BCUT2D eigenvalue weighted by atomic mass is 10.2. The molecule has 3 aromatic carbocycles. The first-order valence-corrected chi connectivity index (χ1v) is 11.0. The normalized spacial score (nSPS) is 10.1. The molecule has 0 heterocycles. The van der Waals surface area contributed by atoms with E-state index in [1.165, 1.54) is 17.8 Å². The maximum Gasteiger partial charge on any atom is 0.339 e. The molecule has 0 aromatic heterocycles. The molecule has 0 saturated heterocycles. The highest BCUT2D eigenvalue weighted by atomic mass is 32.2. The van der Waals surface area contributed by atoms with Gasteiger partial charge in [0.2, 0.25) is 5.91 Å². The third-order valence-corrected chi connectivity index (χ3v) is 5.48. The van der Waals surface area contributed by atoms with E-state index in [4.69, 9.17) is 10.00 Å². The van der Waals surface area contributed by atoms with Crippen LogP contribution in [0.2, 0.25) is 0 Å². The average molecular weight is 460 g/mol. The van der Waals surface area contributed by atoms with Crippen LogP contribution in [0.3, 0.4) is 0 Å². The maximum atomic E-state index is 12.5. The Morgan fingerprint density at radius 1 is 0.909 bits per heavy atom. The Morgan fingerprint density at radius 3 is 2.39 bits per heavy atom. The molecule has 0 aliphatic heterocycles. The molecule has 0 aliphatic carbocycles. The Balaban J connectivity index is 1.53. The van der Waals surface area contributed by atoms with Crippen LogP contribution in [0, 0.1) is 18.3 Å². The molecule has 166 valence electrons. The zero-order valence-corrected chi connectivity index (χ0v) is 18.6. The van der Waals surface area contributed by atoms with E-state index in [0.29, 0.717) is 21.8 Å². The summed E-state index contributed by atoms with van der Waals surface area (Å²) in [6.45, 7) is 1.48. The predicted octanol–water partition coefficient (Wildman–Crippen LogP) is 4.39. The summed E-state index contributed by atoms with van der Waals surface area (Å²) in [5.41, 5.74) is 2.90. The second-order valence-electron chi connectivity index (χ2n) is 7.02. The van der Waals surface area contributed by atoms with E-state index in [1.807, 2.05) is 37.3 Å². The second kappa shape index (κ2) is 11.5. The fraction of sp³-hybridized carbons (Fsp3) is 0.120. The van der Waals surface area contributed by atoms with Crippen molar-refractivity contribution in [2.45, 2.75) is 11.8 Å². The van der Waals surface area contributed by atoms with Crippen molar-refractivity contribution in [2.75, 3.05) is 23.0 Å². The van der Waals surface area contributed by atoms with E-state index < -0.39 is 18.5 Å². The molecule has 3 rings (SSSR count). The molecule has 0 radical (unpaired) electrons. The Bertz CT molecular complexity index is 1200. The first kappa shape index (κ1) is 23.6. The molecule has 0 fully saturated rings. The van der Waals surface area contributed by atoms with Crippen LogP contribution in [0.25, 0.3) is 0 Å². The van der Waals surface area contributed by atoms with Gasteiger partial charge in [-0.15, -0.1) is 11.8 Å². The Labute approximate surface area is 195 Å². The molecule has 3 aromatic rings. The van der Waals surface area contributed by atoms with Crippen molar-refractivity contribution in [3.63, 3.8) is 0 Å². The van der Waals surface area contributed by atoms with E-state index in [0.717, 1.165) is 5.56 Å². The summed E-state index contributed by atoms with van der Waals surface area (Å²) in [5.74, 6) is -1.29. The third-order valence-electron chi connectivity index (χ3n) is 4.41. The lowest BCUT2D eigenvalue weighted by molar-refractivity contribution is -0.119. The average Bonchev–Trinajstić information content (AvgIpc) is 2.83. The molecule has 0 saturated carbocycles. The van der Waals surface area contributed by atoms with Crippen LogP contribution in [-0.4, -0.2) is 30.1 Å².